The van der Waals surface area contributed by atoms with Crippen LogP contribution in [0, 0.1) is 0 Å². The summed E-state index contributed by atoms with van der Waals surface area (Å²) in [5, 5.41) is 0. The van der Waals surface area contributed by atoms with Gasteiger partial charge in [-0.25, -0.2) is 0 Å². The summed E-state index contributed by atoms with van der Waals surface area (Å²) < 4.78 is 31.6. The van der Waals surface area contributed by atoms with Crippen LogP contribution in [0.4, 0.5) is 0 Å². The van der Waals surface area contributed by atoms with Gasteiger partial charge in [-0.15, -0.1) is 0 Å². The molecule has 0 aliphatic carbocycles. The maximum atomic E-state index is 11.5. The normalized spacial score (nSPS) is 12.1. The van der Waals surface area contributed by atoms with Crippen LogP contribution in [0.3, 0.4) is 0 Å². The molecule has 0 bridgehead atoms. The molecule has 0 radical (unpaired) electrons. The zero-order chi connectivity index (χ0) is 21.5. The van der Waals surface area contributed by atoms with Crippen molar-refractivity contribution in [2.45, 2.75) is 65.6 Å². The molecule has 0 aliphatic heterocycles. The summed E-state index contributed by atoms with van der Waals surface area (Å²) >= 11 is 0. The van der Waals surface area contributed by atoms with Crippen LogP contribution in [0.15, 0.2) is 0 Å². The van der Waals surface area contributed by atoms with E-state index in [2.05, 4.69) is 0 Å². The second-order valence-corrected chi connectivity index (χ2v) is 8.09. The standard InChI is InChI=1S/C20H38O8/c1-19(2,3)27-15-11-23-9-13-25-17(21)7-8-18(22)26-14-10-24-12-16-28-20(4,5)6/h7-16H2,1-6H3. The van der Waals surface area contributed by atoms with Gasteiger partial charge in [-0.05, 0) is 41.5 Å². The molecule has 0 amide bonds. The Morgan fingerprint density at radius 3 is 1.18 bits per heavy atom. The zero-order valence-corrected chi connectivity index (χ0v) is 18.3. The molecule has 0 saturated carbocycles. The van der Waals surface area contributed by atoms with Gasteiger partial charge in [-0.1, -0.05) is 0 Å². The number of carbonyl (C=O) groups excluding carboxylic acids is 2. The van der Waals surface area contributed by atoms with Crippen molar-refractivity contribution >= 4 is 11.9 Å². The molecule has 0 heterocycles. The van der Waals surface area contributed by atoms with Crippen LogP contribution in [-0.2, 0) is 38.0 Å². The molecule has 166 valence electrons. The van der Waals surface area contributed by atoms with Gasteiger partial charge in [0.2, 0.25) is 0 Å². The van der Waals surface area contributed by atoms with E-state index in [1.807, 2.05) is 41.5 Å². The van der Waals surface area contributed by atoms with Gasteiger partial charge in [0.15, 0.2) is 0 Å². The molecule has 0 spiro atoms. The van der Waals surface area contributed by atoms with E-state index < -0.39 is 11.9 Å². The number of hydrogen-bond acceptors (Lipinski definition) is 8. The monoisotopic (exact) mass is 406 g/mol. The molecule has 0 aliphatic rings. The van der Waals surface area contributed by atoms with Crippen molar-refractivity contribution in [1.29, 1.82) is 0 Å². The van der Waals surface area contributed by atoms with Crippen molar-refractivity contribution < 1.29 is 38.0 Å². The average molecular weight is 407 g/mol. The van der Waals surface area contributed by atoms with E-state index in [1.165, 1.54) is 0 Å². The molecule has 0 unspecified atom stereocenters. The lowest BCUT2D eigenvalue weighted by Crippen LogP contribution is -2.22. The average Bonchev–Trinajstić information content (AvgIpc) is 2.56. The fourth-order valence-electron chi connectivity index (χ4n) is 1.79. The largest absolute Gasteiger partial charge is 0.463 e. The number of rotatable bonds is 15. The number of carbonyl (C=O) groups is 2. The third kappa shape index (κ3) is 21.1. The second kappa shape index (κ2) is 14.7. The van der Waals surface area contributed by atoms with Gasteiger partial charge in [0.05, 0.1) is 63.7 Å². The van der Waals surface area contributed by atoms with Crippen LogP contribution < -0.4 is 0 Å². The van der Waals surface area contributed by atoms with Gasteiger partial charge < -0.3 is 28.4 Å². The smallest absolute Gasteiger partial charge is 0.306 e. The van der Waals surface area contributed by atoms with Gasteiger partial charge in [0.1, 0.15) is 13.2 Å². The maximum Gasteiger partial charge on any atom is 0.306 e. The molecule has 0 fully saturated rings. The summed E-state index contributed by atoms with van der Waals surface area (Å²) in [7, 11) is 0. The second-order valence-electron chi connectivity index (χ2n) is 8.09. The summed E-state index contributed by atoms with van der Waals surface area (Å²) in [6.07, 6.45) is -0.0432. The summed E-state index contributed by atoms with van der Waals surface area (Å²) in [6, 6.07) is 0. The van der Waals surface area contributed by atoms with Crippen molar-refractivity contribution in [2.24, 2.45) is 0 Å². The fourth-order valence-corrected chi connectivity index (χ4v) is 1.79. The topological polar surface area (TPSA) is 89.5 Å². The first-order valence-corrected chi connectivity index (χ1v) is 9.74. The van der Waals surface area contributed by atoms with Gasteiger partial charge in [0, 0.05) is 0 Å². The highest BCUT2D eigenvalue weighted by atomic mass is 16.6. The Morgan fingerprint density at radius 2 is 0.857 bits per heavy atom. The summed E-state index contributed by atoms with van der Waals surface area (Å²) in [6.45, 7) is 14.5. The molecule has 8 nitrogen and oxygen atoms in total. The van der Waals surface area contributed by atoms with Crippen molar-refractivity contribution in [3.8, 4) is 0 Å². The van der Waals surface area contributed by atoms with Gasteiger partial charge in [-0.3, -0.25) is 9.59 Å². The summed E-state index contributed by atoms with van der Waals surface area (Å²) in [5.74, 6) is -0.913. The Morgan fingerprint density at radius 1 is 0.536 bits per heavy atom. The lowest BCUT2D eigenvalue weighted by molar-refractivity contribution is -0.152. The lowest BCUT2D eigenvalue weighted by atomic mass is 10.2. The Bertz CT molecular complexity index is 383. The predicted molar refractivity (Wildman–Crippen MR) is 104 cm³/mol. The third-order valence-corrected chi connectivity index (χ3v) is 3.04. The SMILES string of the molecule is CC(C)(C)OCCOCCOC(=O)CCC(=O)OCCOCCOC(C)(C)C. The van der Waals surface area contributed by atoms with E-state index in [-0.39, 0.29) is 37.3 Å². The maximum absolute atomic E-state index is 11.5. The van der Waals surface area contributed by atoms with Crippen molar-refractivity contribution in [3.63, 3.8) is 0 Å². The van der Waals surface area contributed by atoms with Gasteiger partial charge >= 0.3 is 11.9 Å². The first-order valence-electron chi connectivity index (χ1n) is 9.74. The molecule has 0 aromatic rings. The minimum atomic E-state index is -0.456. The molecule has 0 saturated heterocycles. The Labute approximate surface area is 169 Å². The molecule has 0 aromatic carbocycles. The minimum Gasteiger partial charge on any atom is -0.463 e. The zero-order valence-electron chi connectivity index (χ0n) is 18.3. The van der Waals surface area contributed by atoms with E-state index in [0.29, 0.717) is 39.6 Å². The summed E-state index contributed by atoms with van der Waals surface area (Å²) in [4.78, 5) is 23.1. The van der Waals surface area contributed by atoms with Crippen LogP contribution in [0.25, 0.3) is 0 Å². The van der Waals surface area contributed by atoms with Crippen LogP contribution >= 0.6 is 0 Å². The van der Waals surface area contributed by atoms with Crippen molar-refractivity contribution in [3.05, 3.63) is 0 Å². The Hall–Kier alpha value is -1.22. The number of hydrogen-bond donors (Lipinski definition) is 0. The minimum absolute atomic E-state index is 0.0216. The lowest BCUT2D eigenvalue weighted by Gasteiger charge is -2.19. The van der Waals surface area contributed by atoms with Crippen molar-refractivity contribution in [1.82, 2.24) is 0 Å². The van der Waals surface area contributed by atoms with E-state index in [4.69, 9.17) is 28.4 Å². The molecule has 0 N–H and O–H groups in total. The first kappa shape index (κ1) is 26.8. The molecule has 8 heteroatoms. The highest BCUT2D eigenvalue weighted by molar-refractivity contribution is 5.77. The van der Waals surface area contributed by atoms with Crippen LogP contribution in [-0.4, -0.2) is 76.0 Å². The Balaban J connectivity index is 3.45. The highest BCUT2D eigenvalue weighted by Gasteiger charge is 2.11. The predicted octanol–water partition coefficient (Wildman–Crippen LogP) is 2.52. The number of esters is 2. The molecular weight excluding hydrogens is 368 g/mol. The van der Waals surface area contributed by atoms with Crippen molar-refractivity contribution in [2.75, 3.05) is 52.9 Å². The Kier molecular flexibility index (Phi) is 14.1. The van der Waals surface area contributed by atoms with Crippen LogP contribution in [0.5, 0.6) is 0 Å². The molecule has 0 atom stereocenters. The highest BCUT2D eigenvalue weighted by Crippen LogP contribution is 2.06. The van der Waals surface area contributed by atoms with E-state index in [0.717, 1.165) is 0 Å². The van der Waals surface area contributed by atoms with E-state index >= 15 is 0 Å². The third-order valence-electron chi connectivity index (χ3n) is 3.04. The first-order chi connectivity index (χ1) is 13.0. The van der Waals surface area contributed by atoms with E-state index in [1.54, 1.807) is 0 Å². The molecule has 28 heavy (non-hydrogen) atoms. The molecule has 0 rings (SSSR count). The fraction of sp³-hybridized carbons (Fsp3) is 0.900. The van der Waals surface area contributed by atoms with Crippen LogP contribution in [0.1, 0.15) is 54.4 Å². The van der Waals surface area contributed by atoms with Crippen LogP contribution in [0.2, 0.25) is 0 Å². The van der Waals surface area contributed by atoms with Gasteiger partial charge in [0.25, 0.3) is 0 Å². The molecular formula is C20H38O8. The molecule has 0 aromatic heterocycles. The summed E-state index contributed by atoms with van der Waals surface area (Å²) in [5.41, 5.74) is -0.394. The quantitative estimate of drug-likeness (QED) is 0.303. The van der Waals surface area contributed by atoms with Gasteiger partial charge in [-0.2, -0.15) is 0 Å². The van der Waals surface area contributed by atoms with E-state index in [9.17, 15) is 9.59 Å². The number of ether oxygens (including phenoxy) is 6.